The average Bonchev–Trinajstić information content (AvgIpc) is 3.22. The van der Waals surface area contributed by atoms with Crippen molar-refractivity contribution in [2.75, 3.05) is 0 Å². The lowest BCUT2D eigenvalue weighted by Gasteiger charge is -2.21. The molecule has 156 valence electrons. The predicted molar refractivity (Wildman–Crippen MR) is 120 cm³/mol. The third-order valence-corrected chi connectivity index (χ3v) is 6.22. The van der Waals surface area contributed by atoms with E-state index in [0.717, 1.165) is 19.3 Å². The minimum absolute atomic E-state index is 0.299. The molecule has 4 atom stereocenters. The lowest BCUT2D eigenvalue weighted by molar-refractivity contribution is -0.144. The average molecular weight is 404 g/mol. The van der Waals surface area contributed by atoms with Gasteiger partial charge in [-0.25, -0.2) is 4.79 Å². The summed E-state index contributed by atoms with van der Waals surface area (Å²) in [5.74, 6) is 0.170. The summed E-state index contributed by atoms with van der Waals surface area (Å²) in [5.41, 5.74) is 2.65. The SMILES string of the molecule is CC(Oc1ccc(C2CCC(NC(C)c3cccc4ccccc34)C2)cc1)C(=O)O. The van der Waals surface area contributed by atoms with Crippen LogP contribution in [0.2, 0.25) is 0 Å². The number of rotatable bonds is 7. The van der Waals surface area contributed by atoms with Gasteiger partial charge < -0.3 is 15.2 Å². The van der Waals surface area contributed by atoms with Crippen molar-refractivity contribution in [1.29, 1.82) is 0 Å². The van der Waals surface area contributed by atoms with Crippen LogP contribution >= 0.6 is 0 Å². The first-order valence-electron chi connectivity index (χ1n) is 10.7. The number of hydrogen-bond donors (Lipinski definition) is 2. The third kappa shape index (κ3) is 4.49. The summed E-state index contributed by atoms with van der Waals surface area (Å²) in [4.78, 5) is 10.9. The first-order chi connectivity index (χ1) is 14.5. The number of carboxylic acid groups (broad SMARTS) is 1. The molecular weight excluding hydrogens is 374 g/mol. The van der Waals surface area contributed by atoms with Gasteiger partial charge in [-0.1, -0.05) is 54.6 Å². The Bertz CT molecular complexity index is 1010. The molecule has 4 nitrogen and oxygen atoms in total. The predicted octanol–water partition coefficient (Wildman–Crippen LogP) is 5.68. The number of nitrogens with one attached hydrogen (secondary N) is 1. The molecule has 0 heterocycles. The van der Waals surface area contributed by atoms with Crippen LogP contribution in [0.15, 0.2) is 66.7 Å². The highest BCUT2D eigenvalue weighted by atomic mass is 16.5. The highest BCUT2D eigenvalue weighted by Gasteiger charge is 2.27. The Balaban J connectivity index is 1.38. The number of aliphatic carboxylic acids is 1. The van der Waals surface area contributed by atoms with E-state index >= 15 is 0 Å². The molecule has 1 saturated carbocycles. The van der Waals surface area contributed by atoms with Crippen molar-refractivity contribution in [2.45, 2.75) is 57.2 Å². The molecular formula is C26H29NO3. The molecule has 0 spiro atoms. The number of ether oxygens (including phenoxy) is 1. The zero-order chi connectivity index (χ0) is 21.1. The quantitative estimate of drug-likeness (QED) is 0.533. The highest BCUT2D eigenvalue weighted by Crippen LogP contribution is 2.36. The lowest BCUT2D eigenvalue weighted by Crippen LogP contribution is -2.29. The first-order valence-corrected chi connectivity index (χ1v) is 10.7. The summed E-state index contributed by atoms with van der Waals surface area (Å²) < 4.78 is 5.44. The van der Waals surface area contributed by atoms with Crippen molar-refractivity contribution in [3.05, 3.63) is 77.9 Å². The maximum atomic E-state index is 10.9. The van der Waals surface area contributed by atoms with Crippen LogP contribution in [0, 0.1) is 0 Å². The van der Waals surface area contributed by atoms with Crippen LogP contribution in [-0.2, 0) is 4.79 Å². The van der Waals surface area contributed by atoms with Gasteiger partial charge in [-0.2, -0.15) is 0 Å². The van der Waals surface area contributed by atoms with Crippen LogP contribution in [-0.4, -0.2) is 23.2 Å². The summed E-state index contributed by atoms with van der Waals surface area (Å²) in [6, 6.07) is 23.8. The van der Waals surface area contributed by atoms with Gasteiger partial charge in [0, 0.05) is 12.1 Å². The van der Waals surface area contributed by atoms with E-state index in [2.05, 4.69) is 66.8 Å². The molecule has 4 unspecified atom stereocenters. The third-order valence-electron chi connectivity index (χ3n) is 6.22. The van der Waals surface area contributed by atoms with Crippen LogP contribution < -0.4 is 10.1 Å². The Morgan fingerprint density at radius 3 is 2.50 bits per heavy atom. The monoisotopic (exact) mass is 403 g/mol. The summed E-state index contributed by atoms with van der Waals surface area (Å²) in [6.07, 6.45) is 2.59. The van der Waals surface area contributed by atoms with Gasteiger partial charge in [0.05, 0.1) is 0 Å². The van der Waals surface area contributed by atoms with Crippen molar-refractivity contribution in [1.82, 2.24) is 5.32 Å². The number of hydrogen-bond acceptors (Lipinski definition) is 3. The molecule has 0 bridgehead atoms. The second-order valence-corrected chi connectivity index (χ2v) is 8.33. The first kappa shape index (κ1) is 20.4. The fourth-order valence-electron chi connectivity index (χ4n) is 4.58. The normalized spacial score (nSPS) is 20.7. The largest absolute Gasteiger partial charge is 0.479 e. The fraction of sp³-hybridized carbons (Fsp3) is 0.346. The van der Waals surface area contributed by atoms with Crippen LogP contribution in [0.5, 0.6) is 5.75 Å². The zero-order valence-corrected chi connectivity index (χ0v) is 17.5. The second kappa shape index (κ2) is 8.88. The number of fused-ring (bicyclic) bond motifs is 1. The van der Waals surface area contributed by atoms with Gasteiger partial charge in [-0.3, -0.25) is 0 Å². The molecule has 1 aliphatic rings. The standard InChI is InChI=1S/C26H29NO3/c1-17(24-9-5-7-20-6-3-4-8-25(20)24)27-22-13-10-21(16-22)19-11-14-23(15-12-19)30-18(2)26(28)29/h3-9,11-12,14-15,17-18,21-22,27H,10,13,16H2,1-2H3,(H,28,29). The molecule has 0 aromatic heterocycles. The summed E-state index contributed by atoms with van der Waals surface area (Å²) >= 11 is 0. The smallest absolute Gasteiger partial charge is 0.344 e. The Labute approximate surface area is 177 Å². The lowest BCUT2D eigenvalue weighted by atomic mass is 9.96. The van der Waals surface area contributed by atoms with E-state index in [1.165, 1.54) is 21.9 Å². The minimum Gasteiger partial charge on any atom is -0.479 e. The Kier molecular flexibility index (Phi) is 6.05. The van der Waals surface area contributed by atoms with E-state index in [9.17, 15) is 4.79 Å². The minimum atomic E-state index is -0.955. The van der Waals surface area contributed by atoms with Gasteiger partial charge in [0.25, 0.3) is 0 Å². The van der Waals surface area contributed by atoms with E-state index in [1.807, 2.05) is 12.1 Å². The topological polar surface area (TPSA) is 58.6 Å². The van der Waals surface area contributed by atoms with Gasteiger partial charge in [0.2, 0.25) is 0 Å². The van der Waals surface area contributed by atoms with E-state index in [0.29, 0.717) is 23.8 Å². The van der Waals surface area contributed by atoms with Gasteiger partial charge in [-0.15, -0.1) is 0 Å². The molecule has 2 N–H and O–H groups in total. The van der Waals surface area contributed by atoms with Crippen LogP contribution in [0.3, 0.4) is 0 Å². The van der Waals surface area contributed by atoms with Gasteiger partial charge in [0.15, 0.2) is 6.10 Å². The van der Waals surface area contributed by atoms with Gasteiger partial charge >= 0.3 is 5.97 Å². The van der Waals surface area contributed by atoms with Crippen molar-refractivity contribution < 1.29 is 14.6 Å². The van der Waals surface area contributed by atoms with Gasteiger partial charge in [-0.05, 0) is 73.1 Å². The van der Waals surface area contributed by atoms with Gasteiger partial charge in [0.1, 0.15) is 5.75 Å². The van der Waals surface area contributed by atoms with Crippen molar-refractivity contribution in [2.24, 2.45) is 0 Å². The van der Waals surface area contributed by atoms with Crippen LogP contribution in [0.25, 0.3) is 10.8 Å². The fourth-order valence-corrected chi connectivity index (χ4v) is 4.58. The molecule has 0 aliphatic heterocycles. The summed E-state index contributed by atoms with van der Waals surface area (Å²) in [6.45, 7) is 3.80. The molecule has 3 aromatic rings. The van der Waals surface area contributed by atoms with Crippen LogP contribution in [0.4, 0.5) is 0 Å². The molecule has 0 saturated heterocycles. The molecule has 0 radical (unpaired) electrons. The Hall–Kier alpha value is -2.85. The molecule has 1 fully saturated rings. The van der Waals surface area contributed by atoms with Crippen LogP contribution in [0.1, 0.15) is 56.2 Å². The van der Waals surface area contributed by atoms with E-state index in [-0.39, 0.29) is 0 Å². The molecule has 4 rings (SSSR count). The van der Waals surface area contributed by atoms with Crippen molar-refractivity contribution in [3.63, 3.8) is 0 Å². The van der Waals surface area contributed by atoms with E-state index in [4.69, 9.17) is 9.84 Å². The maximum Gasteiger partial charge on any atom is 0.344 e. The molecule has 0 amide bonds. The maximum absolute atomic E-state index is 10.9. The zero-order valence-electron chi connectivity index (χ0n) is 17.5. The van der Waals surface area contributed by atoms with Crippen molar-refractivity contribution >= 4 is 16.7 Å². The number of benzene rings is 3. The molecule has 30 heavy (non-hydrogen) atoms. The Morgan fingerprint density at radius 2 is 1.73 bits per heavy atom. The summed E-state index contributed by atoms with van der Waals surface area (Å²) in [5, 5.41) is 15.4. The number of carboxylic acids is 1. The van der Waals surface area contributed by atoms with E-state index in [1.54, 1.807) is 6.92 Å². The molecule has 1 aliphatic carbocycles. The highest BCUT2D eigenvalue weighted by molar-refractivity contribution is 5.86. The summed E-state index contributed by atoms with van der Waals surface area (Å²) in [7, 11) is 0. The van der Waals surface area contributed by atoms with Crippen molar-refractivity contribution in [3.8, 4) is 5.75 Å². The molecule has 3 aromatic carbocycles. The Morgan fingerprint density at radius 1 is 1.00 bits per heavy atom. The van der Waals surface area contributed by atoms with E-state index < -0.39 is 12.1 Å². The molecule has 4 heteroatoms. The second-order valence-electron chi connectivity index (χ2n) is 8.33. The number of carbonyl (C=O) groups is 1.